The number of piperidine rings is 1. The summed E-state index contributed by atoms with van der Waals surface area (Å²) in [5.41, 5.74) is -0.157. The maximum absolute atomic E-state index is 12.9. The van der Waals surface area contributed by atoms with Crippen molar-refractivity contribution in [3.8, 4) is 0 Å². The van der Waals surface area contributed by atoms with E-state index in [0.29, 0.717) is 12.5 Å². The number of nitrogens with zero attached hydrogens (tertiary/aromatic N) is 1. The fourth-order valence-electron chi connectivity index (χ4n) is 3.10. The zero-order valence-corrected chi connectivity index (χ0v) is 13.8. The number of amides is 1. The average molecular weight is 315 g/mol. The maximum atomic E-state index is 12.9. The number of halogens is 1. The Morgan fingerprint density at radius 3 is 2.70 bits per heavy atom. The second-order valence-corrected chi connectivity index (χ2v) is 7.45. The van der Waals surface area contributed by atoms with Gasteiger partial charge in [-0.05, 0) is 44.5 Å². The Kier molecular flexibility index (Phi) is 5.47. The minimum absolute atomic E-state index is 0.157. The summed E-state index contributed by atoms with van der Waals surface area (Å²) in [6.07, 6.45) is 3.96. The van der Waals surface area contributed by atoms with Gasteiger partial charge < -0.3 is 10.2 Å². The number of hydrogen-bond acceptors (Lipinski definition) is 3. The van der Waals surface area contributed by atoms with Gasteiger partial charge in [0.05, 0.1) is 16.3 Å². The van der Waals surface area contributed by atoms with Crippen LogP contribution in [0.4, 0.5) is 0 Å². The fourth-order valence-corrected chi connectivity index (χ4v) is 4.24. The van der Waals surface area contributed by atoms with Crippen molar-refractivity contribution in [2.75, 3.05) is 20.1 Å². The highest BCUT2D eigenvalue weighted by atomic mass is 35.5. The molecule has 0 unspecified atom stereocenters. The molecule has 1 amide bonds. The summed E-state index contributed by atoms with van der Waals surface area (Å²) < 4.78 is 0.783. The summed E-state index contributed by atoms with van der Waals surface area (Å²) in [5, 5.41) is 3.36. The Labute approximate surface area is 130 Å². The lowest BCUT2D eigenvalue weighted by Gasteiger charge is -2.39. The van der Waals surface area contributed by atoms with E-state index in [9.17, 15) is 4.79 Å². The predicted molar refractivity (Wildman–Crippen MR) is 85.2 cm³/mol. The van der Waals surface area contributed by atoms with Crippen LogP contribution in [0.2, 0.25) is 4.34 Å². The standard InChI is InChI=1S/C15H23ClN2OS/c1-3-6-15(7-9-17-10-8-15)14(19)18(2)11-12-4-5-13(16)20-12/h4-5,17H,3,6-11H2,1-2H3. The molecule has 0 saturated carbocycles. The number of nitrogens with one attached hydrogen (secondary N) is 1. The van der Waals surface area contributed by atoms with Gasteiger partial charge in [-0.15, -0.1) is 11.3 Å². The van der Waals surface area contributed by atoms with Gasteiger partial charge in [-0.3, -0.25) is 4.79 Å². The molecule has 0 radical (unpaired) electrons. The zero-order valence-electron chi connectivity index (χ0n) is 12.2. The molecule has 1 aliphatic heterocycles. The zero-order chi connectivity index (χ0) is 14.6. The van der Waals surface area contributed by atoms with Crippen LogP contribution < -0.4 is 5.32 Å². The van der Waals surface area contributed by atoms with E-state index in [0.717, 1.165) is 48.0 Å². The first-order valence-corrected chi connectivity index (χ1v) is 8.47. The molecule has 1 fully saturated rings. The minimum Gasteiger partial charge on any atom is -0.340 e. The Morgan fingerprint density at radius 2 is 2.15 bits per heavy atom. The van der Waals surface area contributed by atoms with Crippen LogP contribution in [0.5, 0.6) is 0 Å². The van der Waals surface area contributed by atoms with Crippen LogP contribution in [0.25, 0.3) is 0 Å². The number of rotatable bonds is 5. The quantitative estimate of drug-likeness (QED) is 0.901. The Balaban J connectivity index is 2.06. The van der Waals surface area contributed by atoms with Crippen LogP contribution in [0, 0.1) is 5.41 Å². The topological polar surface area (TPSA) is 32.3 Å². The highest BCUT2D eigenvalue weighted by molar-refractivity contribution is 7.16. The second kappa shape index (κ2) is 6.92. The summed E-state index contributed by atoms with van der Waals surface area (Å²) in [5.74, 6) is 0.297. The molecule has 0 spiro atoms. The Morgan fingerprint density at radius 1 is 1.45 bits per heavy atom. The molecule has 1 saturated heterocycles. The van der Waals surface area contributed by atoms with E-state index in [1.165, 1.54) is 0 Å². The van der Waals surface area contributed by atoms with Crippen molar-refractivity contribution in [2.24, 2.45) is 5.41 Å². The first-order chi connectivity index (χ1) is 9.57. The van der Waals surface area contributed by atoms with Gasteiger partial charge in [0.1, 0.15) is 0 Å². The fraction of sp³-hybridized carbons (Fsp3) is 0.667. The van der Waals surface area contributed by atoms with Crippen LogP contribution >= 0.6 is 22.9 Å². The van der Waals surface area contributed by atoms with E-state index in [1.54, 1.807) is 11.3 Å². The van der Waals surface area contributed by atoms with Crippen molar-refractivity contribution in [3.63, 3.8) is 0 Å². The number of hydrogen-bond donors (Lipinski definition) is 1. The highest BCUT2D eigenvalue weighted by Gasteiger charge is 2.40. The van der Waals surface area contributed by atoms with Crippen LogP contribution in [0.3, 0.4) is 0 Å². The first-order valence-electron chi connectivity index (χ1n) is 7.28. The van der Waals surface area contributed by atoms with Crippen molar-refractivity contribution in [2.45, 2.75) is 39.2 Å². The van der Waals surface area contributed by atoms with Gasteiger partial charge in [0.2, 0.25) is 5.91 Å². The van der Waals surface area contributed by atoms with Crippen LogP contribution in [-0.4, -0.2) is 30.9 Å². The second-order valence-electron chi connectivity index (χ2n) is 5.65. The molecular formula is C15H23ClN2OS. The van der Waals surface area contributed by atoms with Gasteiger partial charge in [-0.1, -0.05) is 24.9 Å². The van der Waals surface area contributed by atoms with Crippen molar-refractivity contribution in [1.29, 1.82) is 0 Å². The Hall–Kier alpha value is -0.580. The van der Waals surface area contributed by atoms with Crippen LogP contribution in [-0.2, 0) is 11.3 Å². The predicted octanol–water partition coefficient (Wildman–Crippen LogP) is 3.53. The van der Waals surface area contributed by atoms with E-state index in [2.05, 4.69) is 12.2 Å². The SMILES string of the molecule is CCCC1(C(=O)N(C)Cc2ccc(Cl)s2)CCNCC1. The molecule has 3 nitrogen and oxygen atoms in total. The third-order valence-corrected chi connectivity index (χ3v) is 5.33. The largest absolute Gasteiger partial charge is 0.340 e. The van der Waals surface area contributed by atoms with Gasteiger partial charge in [0.25, 0.3) is 0 Å². The number of carbonyl (C=O) groups is 1. The average Bonchev–Trinajstić information content (AvgIpc) is 2.84. The lowest BCUT2D eigenvalue weighted by Crippen LogP contribution is -2.47. The van der Waals surface area contributed by atoms with Crippen LogP contribution in [0.1, 0.15) is 37.5 Å². The molecule has 2 rings (SSSR count). The Bertz CT molecular complexity index is 449. The molecule has 112 valence electrons. The number of carbonyl (C=O) groups excluding carboxylic acids is 1. The van der Waals surface area contributed by atoms with Crippen molar-refractivity contribution in [1.82, 2.24) is 10.2 Å². The molecule has 1 aromatic heterocycles. The highest BCUT2D eigenvalue weighted by Crippen LogP contribution is 2.36. The molecule has 20 heavy (non-hydrogen) atoms. The third-order valence-electron chi connectivity index (χ3n) is 4.11. The summed E-state index contributed by atoms with van der Waals surface area (Å²) in [6, 6.07) is 3.90. The van der Waals surface area contributed by atoms with E-state index in [4.69, 9.17) is 11.6 Å². The van der Waals surface area contributed by atoms with Gasteiger partial charge >= 0.3 is 0 Å². The minimum atomic E-state index is -0.157. The molecule has 0 aliphatic carbocycles. The smallest absolute Gasteiger partial charge is 0.228 e. The van der Waals surface area contributed by atoms with E-state index >= 15 is 0 Å². The molecule has 0 aromatic carbocycles. The lowest BCUT2D eigenvalue weighted by atomic mass is 9.74. The van der Waals surface area contributed by atoms with Gasteiger partial charge in [0, 0.05) is 11.9 Å². The van der Waals surface area contributed by atoms with Crippen molar-refractivity contribution >= 4 is 28.8 Å². The molecule has 0 atom stereocenters. The number of thiophene rings is 1. The molecule has 1 N–H and O–H groups in total. The summed E-state index contributed by atoms with van der Waals surface area (Å²) in [6.45, 7) is 4.72. The van der Waals surface area contributed by atoms with E-state index in [1.807, 2.05) is 24.1 Å². The normalized spacial score (nSPS) is 17.9. The summed E-state index contributed by atoms with van der Waals surface area (Å²) >= 11 is 7.51. The molecule has 2 heterocycles. The van der Waals surface area contributed by atoms with Crippen molar-refractivity contribution in [3.05, 3.63) is 21.3 Å². The molecule has 1 aliphatic rings. The lowest BCUT2D eigenvalue weighted by molar-refractivity contribution is -0.143. The summed E-state index contributed by atoms with van der Waals surface area (Å²) in [7, 11) is 1.91. The van der Waals surface area contributed by atoms with Crippen LogP contribution in [0.15, 0.2) is 12.1 Å². The molecule has 5 heteroatoms. The monoisotopic (exact) mass is 314 g/mol. The maximum Gasteiger partial charge on any atom is 0.228 e. The molecule has 0 bridgehead atoms. The van der Waals surface area contributed by atoms with Gasteiger partial charge in [-0.25, -0.2) is 0 Å². The molecular weight excluding hydrogens is 292 g/mol. The third kappa shape index (κ3) is 3.54. The summed E-state index contributed by atoms with van der Waals surface area (Å²) in [4.78, 5) is 15.9. The first kappa shape index (κ1) is 15.8. The van der Waals surface area contributed by atoms with Gasteiger partial charge in [-0.2, -0.15) is 0 Å². The van der Waals surface area contributed by atoms with E-state index < -0.39 is 0 Å². The molecule has 1 aromatic rings. The van der Waals surface area contributed by atoms with Crippen molar-refractivity contribution < 1.29 is 4.79 Å². The van der Waals surface area contributed by atoms with Gasteiger partial charge in [0.15, 0.2) is 0 Å². The van der Waals surface area contributed by atoms with E-state index in [-0.39, 0.29) is 5.41 Å².